The van der Waals surface area contributed by atoms with Gasteiger partial charge < -0.3 is 20.1 Å². The van der Waals surface area contributed by atoms with Gasteiger partial charge in [0, 0.05) is 30.1 Å². The molecule has 3 aliphatic heterocycles. The first-order chi connectivity index (χ1) is 24.1. The number of anilines is 2. The van der Waals surface area contributed by atoms with Crippen LogP contribution in [0.1, 0.15) is 30.5 Å². The molecule has 3 aliphatic rings. The average Bonchev–Trinajstić information content (AvgIpc) is 3.81. The lowest BCUT2D eigenvalue weighted by Gasteiger charge is -2.31. The van der Waals surface area contributed by atoms with Crippen LogP contribution in [0.15, 0.2) is 24.4 Å². The molecule has 0 radical (unpaired) electrons. The van der Waals surface area contributed by atoms with Gasteiger partial charge in [-0.1, -0.05) is 17.7 Å². The molecule has 10 nitrogen and oxygen atoms in total. The number of alkyl halides is 3. The number of aromatic nitrogens is 4. The van der Waals surface area contributed by atoms with Crippen LogP contribution in [0.25, 0.3) is 32.1 Å². The number of nitrogen functional groups attached to an aromatic ring is 1. The number of hydrogen-bond acceptors (Lipinski definition) is 10. The van der Waals surface area contributed by atoms with E-state index in [-0.39, 0.29) is 98.0 Å². The van der Waals surface area contributed by atoms with Gasteiger partial charge >= 0.3 is 6.01 Å². The normalized spacial score (nSPS) is 20.4. The Hall–Kier alpha value is -4.46. The number of thiophene rings is 1. The summed E-state index contributed by atoms with van der Waals surface area (Å²) in [5, 5.41) is 14.0. The Morgan fingerprint density at radius 1 is 1.20 bits per heavy atom. The van der Waals surface area contributed by atoms with Crippen LogP contribution in [0.3, 0.4) is 0 Å². The van der Waals surface area contributed by atoms with Gasteiger partial charge in [-0.2, -0.15) is 20.3 Å². The van der Waals surface area contributed by atoms with E-state index in [1.807, 2.05) is 6.07 Å². The molecule has 0 unspecified atom stereocenters. The van der Waals surface area contributed by atoms with Gasteiger partial charge in [0.1, 0.15) is 54.2 Å². The molecule has 260 valence electrons. The van der Waals surface area contributed by atoms with Crippen molar-refractivity contribution in [1.82, 2.24) is 24.6 Å². The van der Waals surface area contributed by atoms with Crippen LogP contribution >= 0.6 is 22.9 Å². The Balaban J connectivity index is 1.32. The van der Waals surface area contributed by atoms with Gasteiger partial charge in [-0.15, -0.1) is 11.3 Å². The highest BCUT2D eigenvalue weighted by molar-refractivity contribution is 7.23. The number of halogens is 6. The Bertz CT molecular complexity index is 2210. The third-order valence-electron chi connectivity index (χ3n) is 9.75. The molecule has 0 spiro atoms. The molecule has 2 fully saturated rings. The maximum absolute atomic E-state index is 17.2. The summed E-state index contributed by atoms with van der Waals surface area (Å²) in [7, 11) is 0. The molecule has 0 aliphatic carbocycles. The summed E-state index contributed by atoms with van der Waals surface area (Å²) in [6.07, 6.45) is -0.368. The van der Waals surface area contributed by atoms with Crippen LogP contribution in [0.4, 0.5) is 32.8 Å². The lowest BCUT2D eigenvalue weighted by Crippen LogP contribution is -2.43. The van der Waals surface area contributed by atoms with Gasteiger partial charge in [0.25, 0.3) is 6.43 Å². The van der Waals surface area contributed by atoms with E-state index in [2.05, 4.69) is 15.0 Å². The lowest BCUT2D eigenvalue weighted by atomic mass is 9.95. The van der Waals surface area contributed by atoms with Crippen molar-refractivity contribution in [2.24, 2.45) is 0 Å². The van der Waals surface area contributed by atoms with Gasteiger partial charge in [-0.3, -0.25) is 9.58 Å². The van der Waals surface area contributed by atoms with Crippen molar-refractivity contribution >= 4 is 54.7 Å². The van der Waals surface area contributed by atoms with Crippen LogP contribution in [0.5, 0.6) is 11.8 Å². The number of hydrogen-bond donors (Lipinski definition) is 1. The van der Waals surface area contributed by atoms with Crippen molar-refractivity contribution in [2.45, 2.75) is 50.5 Å². The first-order valence-electron chi connectivity index (χ1n) is 15.9. The zero-order valence-electron chi connectivity index (χ0n) is 26.2. The van der Waals surface area contributed by atoms with E-state index in [1.54, 1.807) is 11.0 Å². The summed E-state index contributed by atoms with van der Waals surface area (Å²) in [5.74, 6) is -1.34. The summed E-state index contributed by atoms with van der Waals surface area (Å²) in [6, 6.07) is 5.86. The van der Waals surface area contributed by atoms with Crippen LogP contribution in [-0.2, 0) is 13.1 Å². The number of benzene rings is 2. The van der Waals surface area contributed by atoms with E-state index in [9.17, 15) is 22.8 Å². The lowest BCUT2D eigenvalue weighted by molar-refractivity contribution is 0.107. The molecule has 17 heteroatoms. The monoisotopic (exact) mass is 730 g/mol. The van der Waals surface area contributed by atoms with Gasteiger partial charge in [0.2, 0.25) is 0 Å². The number of fused-ring (bicyclic) bond motifs is 2. The van der Waals surface area contributed by atoms with E-state index in [0.717, 1.165) is 30.4 Å². The van der Waals surface area contributed by atoms with Crippen LogP contribution in [-0.4, -0.2) is 75.6 Å². The van der Waals surface area contributed by atoms with Crippen molar-refractivity contribution in [2.75, 3.05) is 43.5 Å². The SMILES string of the molecule is N#Cc1c(N)sc2c(F)ccc(-c3c(Cl)c4c5c(nc(OC[C@@]67CCCN6C[C@H](F)C7)nc5c3F)N(Cc3ccnn3CC(F)F)CCO4)c12. The van der Waals surface area contributed by atoms with E-state index in [1.165, 1.54) is 16.9 Å². The summed E-state index contributed by atoms with van der Waals surface area (Å²) in [5.41, 5.74) is 5.61. The predicted octanol–water partition coefficient (Wildman–Crippen LogP) is 6.71. The van der Waals surface area contributed by atoms with E-state index >= 15 is 4.39 Å². The number of nitriles is 1. The molecule has 0 bridgehead atoms. The first-order valence-corrected chi connectivity index (χ1v) is 17.1. The van der Waals surface area contributed by atoms with Gasteiger partial charge in [-0.05, 0) is 37.1 Å². The maximum atomic E-state index is 17.2. The van der Waals surface area contributed by atoms with Crippen molar-refractivity contribution in [3.63, 3.8) is 0 Å². The minimum atomic E-state index is -2.65. The quantitative estimate of drug-likeness (QED) is 0.174. The topological polar surface area (TPSA) is 118 Å². The third-order valence-corrected chi connectivity index (χ3v) is 11.1. The molecule has 50 heavy (non-hydrogen) atoms. The highest BCUT2D eigenvalue weighted by atomic mass is 35.5. The highest BCUT2D eigenvalue weighted by Crippen LogP contribution is 2.51. The molecular weight excluding hydrogens is 703 g/mol. The summed E-state index contributed by atoms with van der Waals surface area (Å²) >= 11 is 7.83. The van der Waals surface area contributed by atoms with E-state index < -0.39 is 36.3 Å². The predicted molar refractivity (Wildman–Crippen MR) is 178 cm³/mol. The molecule has 0 saturated carbocycles. The van der Waals surface area contributed by atoms with Gasteiger partial charge in [0.05, 0.1) is 45.0 Å². The van der Waals surface area contributed by atoms with Crippen LogP contribution < -0.4 is 20.1 Å². The third kappa shape index (κ3) is 5.25. The second-order valence-electron chi connectivity index (χ2n) is 12.7. The summed E-state index contributed by atoms with van der Waals surface area (Å²) in [6.45, 7) is 0.709. The number of nitrogens with zero attached hydrogens (tertiary/aromatic N) is 7. The Morgan fingerprint density at radius 3 is 2.84 bits per heavy atom. The largest absolute Gasteiger partial charge is 0.489 e. The molecule has 6 heterocycles. The average molecular weight is 731 g/mol. The summed E-state index contributed by atoms with van der Waals surface area (Å²) < 4.78 is 87.0. The molecular formula is C33H28ClF5N8O2S. The second kappa shape index (κ2) is 12.4. The van der Waals surface area contributed by atoms with Crippen LogP contribution in [0.2, 0.25) is 5.02 Å². The molecule has 2 atom stereocenters. The highest BCUT2D eigenvalue weighted by Gasteiger charge is 2.49. The van der Waals surface area contributed by atoms with Crippen molar-refractivity contribution < 1.29 is 31.4 Å². The molecule has 3 aromatic heterocycles. The molecule has 5 aromatic rings. The zero-order chi connectivity index (χ0) is 34.9. The zero-order valence-corrected chi connectivity index (χ0v) is 27.8. The second-order valence-corrected chi connectivity index (χ2v) is 14.1. The smallest absolute Gasteiger partial charge is 0.319 e. The number of nitrogens with two attached hydrogens (primary N) is 1. The number of rotatable bonds is 8. The molecule has 0 amide bonds. The van der Waals surface area contributed by atoms with Crippen LogP contribution in [0, 0.1) is 23.0 Å². The molecule has 2 saturated heterocycles. The van der Waals surface area contributed by atoms with E-state index in [4.69, 9.17) is 31.8 Å². The first kappa shape index (κ1) is 32.7. The minimum Gasteiger partial charge on any atom is -0.489 e. The Morgan fingerprint density at radius 2 is 2.04 bits per heavy atom. The van der Waals surface area contributed by atoms with Gasteiger partial charge in [-0.25, -0.2) is 22.0 Å². The Labute approximate surface area is 290 Å². The van der Waals surface area contributed by atoms with Crippen molar-refractivity contribution in [3.05, 3.63) is 52.3 Å². The molecule has 8 rings (SSSR count). The fourth-order valence-electron chi connectivity index (χ4n) is 7.56. The Kier molecular flexibility index (Phi) is 8.11. The fourth-order valence-corrected chi connectivity index (χ4v) is 8.84. The standard InChI is InChI=1S/C33H28ClF5N8O2S/c34-25-23(18-2-3-20(36)29-22(18)19(11-40)30(41)50-29)26(39)27-24-28(25)48-9-8-45(13-17-4-6-42-47(17)14-21(37)38)31(24)44-32(43-27)49-15-33-5-1-7-46(33)12-16(35)10-33/h2-4,6,16,21H,1,5,7-10,12-15,41H2/t16-,33+/m1/s1. The summed E-state index contributed by atoms with van der Waals surface area (Å²) in [4.78, 5) is 13.0. The molecule has 2 aromatic carbocycles. The van der Waals surface area contributed by atoms with E-state index in [0.29, 0.717) is 18.7 Å². The fraction of sp³-hybridized carbons (Fsp3) is 0.394. The molecule has 2 N–H and O–H groups in total. The minimum absolute atomic E-state index is 0.0241. The number of ether oxygens (including phenoxy) is 2. The van der Waals surface area contributed by atoms with Crippen molar-refractivity contribution in [1.29, 1.82) is 5.26 Å². The van der Waals surface area contributed by atoms with Crippen molar-refractivity contribution in [3.8, 4) is 29.0 Å². The maximum Gasteiger partial charge on any atom is 0.319 e. The van der Waals surface area contributed by atoms with Gasteiger partial charge in [0.15, 0.2) is 11.6 Å².